The number of benzene rings is 5. The van der Waals surface area contributed by atoms with Gasteiger partial charge in [0.15, 0.2) is 0 Å². The Labute approximate surface area is 200 Å². The molecule has 0 aliphatic rings. The van der Waals surface area contributed by atoms with Gasteiger partial charge in [-0.2, -0.15) is 0 Å². The summed E-state index contributed by atoms with van der Waals surface area (Å²) in [5, 5.41) is 5.10. The van der Waals surface area contributed by atoms with Gasteiger partial charge < -0.3 is 0 Å². The standard InChI is InChI=1S/C33H25N/c1-22-19-27(20-23(2)34-22)26-17-18-30-31(21-26)33(25-13-7-4-8-14-25)29-16-10-9-15-28(29)32(30)24-11-5-3-6-12-24/h3-21H,1-2H3. The van der Waals surface area contributed by atoms with Crippen LogP contribution in [0.25, 0.3) is 54.9 Å². The molecule has 0 aliphatic heterocycles. The molecule has 162 valence electrons. The maximum Gasteiger partial charge on any atom is 0.0382 e. The van der Waals surface area contributed by atoms with Crippen molar-refractivity contribution in [3.8, 4) is 33.4 Å². The molecule has 0 fully saturated rings. The molecular formula is C33H25N. The van der Waals surface area contributed by atoms with Crippen LogP contribution in [-0.4, -0.2) is 4.98 Å². The Kier molecular flexibility index (Phi) is 4.96. The molecule has 1 nitrogen and oxygen atoms in total. The topological polar surface area (TPSA) is 12.9 Å². The number of aryl methyl sites for hydroxylation is 2. The quantitative estimate of drug-likeness (QED) is 0.253. The van der Waals surface area contributed by atoms with Gasteiger partial charge in [-0.1, -0.05) is 97.1 Å². The highest BCUT2D eigenvalue weighted by Crippen LogP contribution is 2.44. The molecule has 6 aromatic rings. The number of fused-ring (bicyclic) bond motifs is 2. The second kappa shape index (κ2) is 8.28. The highest BCUT2D eigenvalue weighted by atomic mass is 14.7. The summed E-state index contributed by atoms with van der Waals surface area (Å²) in [6.07, 6.45) is 0. The Morgan fingerprint density at radius 2 is 0.853 bits per heavy atom. The fraction of sp³-hybridized carbons (Fsp3) is 0.0606. The highest BCUT2D eigenvalue weighted by molar-refractivity contribution is 6.21. The first-order chi connectivity index (χ1) is 16.7. The second-order valence-corrected chi connectivity index (χ2v) is 8.93. The van der Waals surface area contributed by atoms with Crippen LogP contribution in [0, 0.1) is 13.8 Å². The molecule has 0 radical (unpaired) electrons. The minimum absolute atomic E-state index is 1.04. The first kappa shape index (κ1) is 20.4. The van der Waals surface area contributed by atoms with E-state index in [4.69, 9.17) is 0 Å². The smallest absolute Gasteiger partial charge is 0.0382 e. The molecule has 5 aromatic carbocycles. The summed E-state index contributed by atoms with van der Waals surface area (Å²) < 4.78 is 0. The molecule has 1 heteroatoms. The molecular weight excluding hydrogens is 410 g/mol. The maximum absolute atomic E-state index is 4.58. The van der Waals surface area contributed by atoms with Gasteiger partial charge in [0.25, 0.3) is 0 Å². The molecule has 34 heavy (non-hydrogen) atoms. The van der Waals surface area contributed by atoms with Crippen LogP contribution in [0.1, 0.15) is 11.4 Å². The van der Waals surface area contributed by atoms with Crippen LogP contribution in [0.3, 0.4) is 0 Å². The SMILES string of the molecule is Cc1cc(-c2ccc3c(-c4ccccc4)c4ccccc4c(-c4ccccc4)c3c2)cc(C)n1. The van der Waals surface area contributed by atoms with Gasteiger partial charge in [-0.15, -0.1) is 0 Å². The van der Waals surface area contributed by atoms with E-state index in [9.17, 15) is 0 Å². The largest absolute Gasteiger partial charge is 0.258 e. The van der Waals surface area contributed by atoms with E-state index < -0.39 is 0 Å². The molecule has 1 heterocycles. The van der Waals surface area contributed by atoms with Crippen molar-refractivity contribution in [3.05, 3.63) is 127 Å². The van der Waals surface area contributed by atoms with Gasteiger partial charge in [0.05, 0.1) is 0 Å². The lowest BCUT2D eigenvalue weighted by Crippen LogP contribution is -1.92. The van der Waals surface area contributed by atoms with Crippen molar-refractivity contribution in [1.29, 1.82) is 0 Å². The van der Waals surface area contributed by atoms with Gasteiger partial charge in [0.2, 0.25) is 0 Å². The fourth-order valence-electron chi connectivity index (χ4n) is 5.19. The number of hydrogen-bond donors (Lipinski definition) is 0. The van der Waals surface area contributed by atoms with Crippen LogP contribution in [0.2, 0.25) is 0 Å². The zero-order chi connectivity index (χ0) is 23.1. The molecule has 6 rings (SSSR count). The lowest BCUT2D eigenvalue weighted by atomic mass is 9.85. The third-order valence-electron chi connectivity index (χ3n) is 6.56. The fourth-order valence-corrected chi connectivity index (χ4v) is 5.19. The third-order valence-corrected chi connectivity index (χ3v) is 6.56. The normalized spacial score (nSPS) is 11.2. The first-order valence-corrected chi connectivity index (χ1v) is 11.7. The molecule has 0 amide bonds. The molecule has 0 N–H and O–H groups in total. The van der Waals surface area contributed by atoms with Crippen molar-refractivity contribution in [2.45, 2.75) is 13.8 Å². The molecule has 0 saturated carbocycles. The summed E-state index contributed by atoms with van der Waals surface area (Å²) in [5.41, 5.74) is 9.57. The van der Waals surface area contributed by atoms with E-state index in [1.165, 1.54) is 54.9 Å². The van der Waals surface area contributed by atoms with Gasteiger partial charge in [-0.25, -0.2) is 0 Å². The van der Waals surface area contributed by atoms with Crippen molar-refractivity contribution in [2.24, 2.45) is 0 Å². The van der Waals surface area contributed by atoms with Gasteiger partial charge in [-0.3, -0.25) is 4.98 Å². The Balaban J connectivity index is 1.78. The summed E-state index contributed by atoms with van der Waals surface area (Å²) in [6.45, 7) is 4.13. The lowest BCUT2D eigenvalue weighted by molar-refractivity contribution is 1.12. The average molecular weight is 436 g/mol. The van der Waals surface area contributed by atoms with Crippen LogP contribution in [-0.2, 0) is 0 Å². The number of hydrogen-bond acceptors (Lipinski definition) is 1. The molecule has 0 saturated heterocycles. The van der Waals surface area contributed by atoms with Crippen molar-refractivity contribution in [2.75, 3.05) is 0 Å². The summed E-state index contributed by atoms with van der Waals surface area (Å²) in [7, 11) is 0. The van der Waals surface area contributed by atoms with Gasteiger partial charge in [-0.05, 0) is 87.0 Å². The molecule has 0 spiro atoms. The third kappa shape index (κ3) is 3.47. The van der Waals surface area contributed by atoms with E-state index in [1.54, 1.807) is 0 Å². The lowest BCUT2D eigenvalue weighted by Gasteiger charge is -2.18. The monoisotopic (exact) mass is 435 g/mol. The van der Waals surface area contributed by atoms with E-state index in [-0.39, 0.29) is 0 Å². The second-order valence-electron chi connectivity index (χ2n) is 8.93. The first-order valence-electron chi connectivity index (χ1n) is 11.7. The summed E-state index contributed by atoms with van der Waals surface area (Å²) >= 11 is 0. The van der Waals surface area contributed by atoms with Crippen molar-refractivity contribution in [3.63, 3.8) is 0 Å². The van der Waals surface area contributed by atoms with Crippen LogP contribution in [0.15, 0.2) is 115 Å². The summed E-state index contributed by atoms with van der Waals surface area (Å²) in [5.74, 6) is 0. The number of aromatic nitrogens is 1. The van der Waals surface area contributed by atoms with Crippen LogP contribution in [0.5, 0.6) is 0 Å². The van der Waals surface area contributed by atoms with Crippen LogP contribution >= 0.6 is 0 Å². The van der Waals surface area contributed by atoms with E-state index in [1.807, 2.05) is 0 Å². The molecule has 0 bridgehead atoms. The minimum Gasteiger partial charge on any atom is -0.258 e. The van der Waals surface area contributed by atoms with Crippen LogP contribution in [0.4, 0.5) is 0 Å². The van der Waals surface area contributed by atoms with E-state index in [0.29, 0.717) is 0 Å². The van der Waals surface area contributed by atoms with Crippen molar-refractivity contribution in [1.82, 2.24) is 4.98 Å². The maximum atomic E-state index is 4.58. The van der Waals surface area contributed by atoms with E-state index >= 15 is 0 Å². The predicted molar refractivity (Wildman–Crippen MR) is 145 cm³/mol. The summed E-state index contributed by atoms with van der Waals surface area (Å²) in [6, 6.07) is 41.6. The molecule has 1 aromatic heterocycles. The van der Waals surface area contributed by atoms with Gasteiger partial charge >= 0.3 is 0 Å². The summed E-state index contributed by atoms with van der Waals surface area (Å²) in [4.78, 5) is 4.58. The number of pyridine rings is 1. The van der Waals surface area contributed by atoms with E-state index in [2.05, 4.69) is 134 Å². The van der Waals surface area contributed by atoms with Crippen molar-refractivity contribution < 1.29 is 0 Å². The van der Waals surface area contributed by atoms with Gasteiger partial charge in [0.1, 0.15) is 0 Å². The highest BCUT2D eigenvalue weighted by Gasteiger charge is 2.17. The average Bonchev–Trinajstić information content (AvgIpc) is 2.87. The molecule has 0 aliphatic carbocycles. The predicted octanol–water partition coefficient (Wildman–Crippen LogP) is 9.01. The molecule has 0 atom stereocenters. The van der Waals surface area contributed by atoms with Crippen molar-refractivity contribution >= 4 is 21.5 Å². The van der Waals surface area contributed by atoms with Gasteiger partial charge in [0, 0.05) is 11.4 Å². The zero-order valence-corrected chi connectivity index (χ0v) is 19.4. The van der Waals surface area contributed by atoms with Crippen LogP contribution < -0.4 is 0 Å². The zero-order valence-electron chi connectivity index (χ0n) is 19.4. The number of rotatable bonds is 3. The molecule has 0 unspecified atom stereocenters. The minimum atomic E-state index is 1.04. The van der Waals surface area contributed by atoms with E-state index in [0.717, 1.165) is 11.4 Å². The Hall–Kier alpha value is -4.23. The number of nitrogens with zero attached hydrogens (tertiary/aromatic N) is 1. The Morgan fingerprint density at radius 3 is 1.41 bits per heavy atom. The Bertz CT molecular complexity index is 1630. The Morgan fingerprint density at radius 1 is 0.382 bits per heavy atom.